The van der Waals surface area contributed by atoms with Crippen LogP contribution in [0.2, 0.25) is 5.02 Å². The van der Waals surface area contributed by atoms with Gasteiger partial charge in [-0.25, -0.2) is 0 Å². The Kier molecular flexibility index (Phi) is 7.59. The van der Waals surface area contributed by atoms with Crippen LogP contribution in [-0.2, 0) is 15.8 Å². The Labute approximate surface area is 168 Å². The van der Waals surface area contributed by atoms with Crippen LogP contribution in [0.1, 0.15) is 5.56 Å². The maximum Gasteiger partial charge on any atom is 0.416 e. The van der Waals surface area contributed by atoms with Gasteiger partial charge in [0.2, 0.25) is 11.8 Å². The molecule has 0 fully saturated rings. The summed E-state index contributed by atoms with van der Waals surface area (Å²) in [7, 11) is 1.53. The number of halogens is 4. The van der Waals surface area contributed by atoms with Crippen molar-refractivity contribution in [3.8, 4) is 5.75 Å². The molecule has 0 radical (unpaired) electrons. The van der Waals surface area contributed by atoms with Crippen LogP contribution in [0, 0.1) is 0 Å². The minimum Gasteiger partial charge on any atom is -0.497 e. The minimum absolute atomic E-state index is 0.00419. The van der Waals surface area contributed by atoms with Crippen LogP contribution in [0.25, 0.3) is 0 Å². The van der Waals surface area contributed by atoms with Crippen LogP contribution in [0.3, 0.4) is 0 Å². The first-order valence-electron chi connectivity index (χ1n) is 7.87. The number of rotatable bonds is 7. The number of ether oxygens (including phenoxy) is 1. The standard InChI is InChI=1S/C18H16ClF3N2O3S/c1-27-13-5-3-12(4-6-13)23-16(25)9-28-10-17(26)24-15-8-11(18(20,21)22)2-7-14(15)19/h2-8H,9-10H2,1H3,(H,23,25)(H,24,26). The predicted octanol–water partition coefficient (Wildman–Crippen LogP) is 4.68. The number of hydrogen-bond donors (Lipinski definition) is 2. The van der Waals surface area contributed by atoms with Gasteiger partial charge >= 0.3 is 6.18 Å². The third-order valence-corrected chi connectivity index (χ3v) is 4.67. The molecule has 150 valence electrons. The molecule has 0 aliphatic carbocycles. The summed E-state index contributed by atoms with van der Waals surface area (Å²) in [4.78, 5) is 23.8. The van der Waals surface area contributed by atoms with Gasteiger partial charge in [-0.05, 0) is 42.5 Å². The number of thioether (sulfide) groups is 1. The largest absolute Gasteiger partial charge is 0.497 e. The fraction of sp³-hybridized carbons (Fsp3) is 0.222. The van der Waals surface area contributed by atoms with E-state index in [0.717, 1.165) is 30.0 Å². The van der Waals surface area contributed by atoms with E-state index in [-0.39, 0.29) is 28.1 Å². The number of nitrogens with one attached hydrogen (secondary N) is 2. The molecule has 0 saturated carbocycles. The van der Waals surface area contributed by atoms with Gasteiger partial charge < -0.3 is 15.4 Å². The Balaban J connectivity index is 1.81. The van der Waals surface area contributed by atoms with E-state index in [1.165, 1.54) is 7.11 Å². The van der Waals surface area contributed by atoms with Gasteiger partial charge in [-0.3, -0.25) is 9.59 Å². The molecule has 2 aromatic carbocycles. The molecule has 0 bridgehead atoms. The average molecular weight is 433 g/mol. The summed E-state index contributed by atoms with van der Waals surface area (Å²) in [6.07, 6.45) is -4.54. The van der Waals surface area contributed by atoms with Crippen molar-refractivity contribution in [2.45, 2.75) is 6.18 Å². The summed E-state index contributed by atoms with van der Waals surface area (Å²) in [5.41, 5.74) is -0.477. The number of methoxy groups -OCH3 is 1. The highest BCUT2D eigenvalue weighted by molar-refractivity contribution is 8.00. The zero-order chi connectivity index (χ0) is 20.7. The molecule has 5 nitrogen and oxygen atoms in total. The van der Waals surface area contributed by atoms with Crippen molar-refractivity contribution in [2.24, 2.45) is 0 Å². The first-order valence-corrected chi connectivity index (χ1v) is 9.40. The number of benzene rings is 2. The van der Waals surface area contributed by atoms with Crippen molar-refractivity contribution in [2.75, 3.05) is 29.2 Å². The number of amides is 2. The Morgan fingerprint density at radius 2 is 1.64 bits per heavy atom. The summed E-state index contributed by atoms with van der Waals surface area (Å²) in [6, 6.07) is 9.38. The normalized spacial score (nSPS) is 11.0. The molecule has 2 amide bonds. The van der Waals surface area contributed by atoms with Crippen LogP contribution in [-0.4, -0.2) is 30.4 Å². The Morgan fingerprint density at radius 3 is 2.21 bits per heavy atom. The van der Waals surface area contributed by atoms with Crippen molar-refractivity contribution in [1.82, 2.24) is 0 Å². The molecule has 0 heterocycles. The quantitative estimate of drug-likeness (QED) is 0.666. The minimum atomic E-state index is -4.54. The second-order valence-corrected chi connectivity index (χ2v) is 6.90. The molecule has 2 N–H and O–H groups in total. The molecule has 0 unspecified atom stereocenters. The molecule has 0 saturated heterocycles. The summed E-state index contributed by atoms with van der Waals surface area (Å²) < 4.78 is 43.2. The summed E-state index contributed by atoms with van der Waals surface area (Å²) in [5, 5.41) is 4.97. The monoisotopic (exact) mass is 432 g/mol. The van der Waals surface area contributed by atoms with Crippen molar-refractivity contribution >= 4 is 46.6 Å². The number of carbonyl (C=O) groups is 2. The number of anilines is 2. The second kappa shape index (κ2) is 9.70. The lowest BCUT2D eigenvalue weighted by molar-refractivity contribution is -0.137. The van der Waals surface area contributed by atoms with Gasteiger partial charge in [0.05, 0.1) is 34.9 Å². The van der Waals surface area contributed by atoms with E-state index in [9.17, 15) is 22.8 Å². The number of alkyl halides is 3. The average Bonchev–Trinajstić information content (AvgIpc) is 2.63. The lowest BCUT2D eigenvalue weighted by atomic mass is 10.2. The second-order valence-electron chi connectivity index (χ2n) is 5.51. The van der Waals surface area contributed by atoms with E-state index < -0.39 is 17.6 Å². The summed E-state index contributed by atoms with van der Waals surface area (Å²) in [6.45, 7) is 0. The van der Waals surface area contributed by atoms with Crippen LogP contribution in [0.15, 0.2) is 42.5 Å². The van der Waals surface area contributed by atoms with Crippen LogP contribution < -0.4 is 15.4 Å². The fourth-order valence-corrected chi connectivity index (χ4v) is 2.87. The molecule has 0 atom stereocenters. The smallest absolute Gasteiger partial charge is 0.416 e. The highest BCUT2D eigenvalue weighted by Gasteiger charge is 2.31. The number of carbonyl (C=O) groups excluding carboxylic acids is 2. The van der Waals surface area contributed by atoms with Gasteiger partial charge in [0.1, 0.15) is 5.75 Å². The summed E-state index contributed by atoms with van der Waals surface area (Å²) in [5.74, 6) is -0.362. The molecule has 10 heteroatoms. The molecule has 0 aliphatic rings. The first-order chi connectivity index (χ1) is 13.2. The summed E-state index contributed by atoms with van der Waals surface area (Å²) >= 11 is 6.84. The van der Waals surface area contributed by atoms with Gasteiger partial charge in [-0.2, -0.15) is 13.2 Å². The topological polar surface area (TPSA) is 67.4 Å². The molecular weight excluding hydrogens is 417 g/mol. The van der Waals surface area contributed by atoms with E-state index in [4.69, 9.17) is 16.3 Å². The third kappa shape index (κ3) is 6.65. The molecule has 2 aromatic rings. The lowest BCUT2D eigenvalue weighted by Gasteiger charge is -2.11. The molecular formula is C18H16ClF3N2O3S. The maximum atomic E-state index is 12.7. The van der Waals surface area contributed by atoms with Gasteiger partial charge in [-0.1, -0.05) is 11.6 Å². The fourth-order valence-electron chi connectivity index (χ4n) is 2.09. The highest BCUT2D eigenvalue weighted by atomic mass is 35.5. The van der Waals surface area contributed by atoms with E-state index in [0.29, 0.717) is 11.4 Å². The Hall–Kier alpha value is -2.39. The van der Waals surface area contributed by atoms with E-state index in [1.807, 2.05) is 0 Å². The van der Waals surface area contributed by atoms with Crippen LogP contribution in [0.4, 0.5) is 24.5 Å². The molecule has 2 rings (SSSR count). The van der Waals surface area contributed by atoms with Gasteiger partial charge in [-0.15, -0.1) is 11.8 Å². The molecule has 0 aliphatic heterocycles. The van der Waals surface area contributed by atoms with Crippen molar-refractivity contribution in [3.63, 3.8) is 0 Å². The molecule has 28 heavy (non-hydrogen) atoms. The van der Waals surface area contributed by atoms with Gasteiger partial charge in [0.25, 0.3) is 0 Å². The van der Waals surface area contributed by atoms with Gasteiger partial charge in [0, 0.05) is 5.69 Å². The zero-order valence-corrected chi connectivity index (χ0v) is 16.2. The van der Waals surface area contributed by atoms with E-state index in [1.54, 1.807) is 24.3 Å². The van der Waals surface area contributed by atoms with E-state index >= 15 is 0 Å². The zero-order valence-electron chi connectivity index (χ0n) is 14.6. The van der Waals surface area contributed by atoms with Crippen molar-refractivity contribution in [3.05, 3.63) is 53.1 Å². The van der Waals surface area contributed by atoms with Crippen LogP contribution >= 0.6 is 23.4 Å². The van der Waals surface area contributed by atoms with Gasteiger partial charge in [0.15, 0.2) is 0 Å². The molecule has 0 aromatic heterocycles. The van der Waals surface area contributed by atoms with E-state index in [2.05, 4.69) is 10.6 Å². The Bertz CT molecular complexity index is 845. The van der Waals surface area contributed by atoms with Crippen molar-refractivity contribution in [1.29, 1.82) is 0 Å². The number of hydrogen-bond acceptors (Lipinski definition) is 4. The lowest BCUT2D eigenvalue weighted by Crippen LogP contribution is -2.19. The van der Waals surface area contributed by atoms with Crippen molar-refractivity contribution < 1.29 is 27.5 Å². The highest BCUT2D eigenvalue weighted by Crippen LogP contribution is 2.33. The third-order valence-electron chi connectivity index (χ3n) is 3.41. The van der Waals surface area contributed by atoms with Crippen LogP contribution in [0.5, 0.6) is 5.75 Å². The molecule has 0 spiro atoms. The SMILES string of the molecule is COc1ccc(NC(=O)CSCC(=O)Nc2cc(C(F)(F)F)ccc2Cl)cc1. The predicted molar refractivity (Wildman–Crippen MR) is 104 cm³/mol. The first kappa shape index (κ1) is 21.9. The maximum absolute atomic E-state index is 12.7. The Morgan fingerprint density at radius 1 is 1.04 bits per heavy atom.